The molecule has 0 aromatic carbocycles. The second kappa shape index (κ2) is 5.84. The van der Waals surface area contributed by atoms with Crippen LogP contribution in [0, 0.1) is 0 Å². The Balaban J connectivity index is 1.66. The van der Waals surface area contributed by atoms with Crippen LogP contribution in [0.15, 0.2) is 24.0 Å². The third-order valence-corrected chi connectivity index (χ3v) is 4.40. The molecule has 1 atom stereocenters. The molecule has 21 heavy (non-hydrogen) atoms. The highest BCUT2D eigenvalue weighted by atomic mass is 16.2. The zero-order valence-corrected chi connectivity index (χ0v) is 12.4. The minimum Gasteiger partial charge on any atom is -0.335 e. The van der Waals surface area contributed by atoms with Crippen LogP contribution in [0.25, 0.3) is 0 Å². The van der Waals surface area contributed by atoms with Gasteiger partial charge in [0.15, 0.2) is 5.78 Å². The molecule has 5 nitrogen and oxygen atoms in total. The first kappa shape index (κ1) is 14.0. The predicted octanol–water partition coefficient (Wildman–Crippen LogP) is 2.09. The van der Waals surface area contributed by atoms with Crippen LogP contribution in [-0.4, -0.2) is 39.0 Å². The van der Waals surface area contributed by atoms with Gasteiger partial charge in [-0.1, -0.05) is 6.08 Å². The summed E-state index contributed by atoms with van der Waals surface area (Å²) < 4.78 is 1.63. The maximum Gasteiger partial charge on any atom is 0.249 e. The molecule has 0 N–H and O–H groups in total. The van der Waals surface area contributed by atoms with Gasteiger partial charge in [0, 0.05) is 37.8 Å². The largest absolute Gasteiger partial charge is 0.335 e. The van der Waals surface area contributed by atoms with Crippen LogP contribution in [0.1, 0.15) is 48.9 Å². The monoisotopic (exact) mass is 287 g/mol. The van der Waals surface area contributed by atoms with Crippen LogP contribution in [0.3, 0.4) is 0 Å². The van der Waals surface area contributed by atoms with Gasteiger partial charge in [0.25, 0.3) is 0 Å². The minimum absolute atomic E-state index is 0.0479. The highest BCUT2D eigenvalue weighted by Gasteiger charge is 2.32. The van der Waals surface area contributed by atoms with E-state index in [-0.39, 0.29) is 17.7 Å². The third kappa shape index (κ3) is 2.91. The fraction of sp³-hybridized carbons (Fsp3) is 0.562. The lowest BCUT2D eigenvalue weighted by molar-refractivity contribution is -0.127. The maximum atomic E-state index is 12.5. The molecule has 2 aliphatic rings. The number of amides is 1. The fourth-order valence-corrected chi connectivity index (χ4v) is 3.26. The Morgan fingerprint density at radius 1 is 1.38 bits per heavy atom. The molecule has 3 rings (SSSR count). The van der Waals surface area contributed by atoms with E-state index in [2.05, 4.69) is 11.2 Å². The van der Waals surface area contributed by atoms with Gasteiger partial charge in [0.1, 0.15) is 0 Å². The average molecular weight is 287 g/mol. The van der Waals surface area contributed by atoms with Gasteiger partial charge in [-0.3, -0.25) is 14.3 Å². The van der Waals surface area contributed by atoms with Crippen molar-refractivity contribution in [2.24, 2.45) is 7.05 Å². The van der Waals surface area contributed by atoms with Gasteiger partial charge in [0.2, 0.25) is 5.91 Å². The molecule has 1 fully saturated rings. The van der Waals surface area contributed by atoms with E-state index in [1.807, 2.05) is 4.90 Å². The normalized spacial score (nSPS) is 21.7. The summed E-state index contributed by atoms with van der Waals surface area (Å²) in [4.78, 5) is 26.7. The van der Waals surface area contributed by atoms with Crippen LogP contribution in [0.2, 0.25) is 0 Å². The van der Waals surface area contributed by atoms with Crippen LogP contribution in [-0.2, 0) is 11.8 Å². The standard InChI is InChI=1S/C16H21N3O2/c1-18-11-13(10-17-18)15(20)9-14-7-4-8-19(14)16(21)12-5-2-3-6-12/h5,10-11,14H,2-4,6-9H2,1H3/t14-/m1/s1. The zero-order chi connectivity index (χ0) is 14.8. The molecule has 1 amide bonds. The van der Waals surface area contributed by atoms with Crippen molar-refractivity contribution in [3.63, 3.8) is 0 Å². The molecule has 112 valence electrons. The SMILES string of the molecule is Cn1cc(C(=O)C[C@H]2CCCN2C(=O)C2=CCCC2)cn1. The second-order valence-electron chi connectivity index (χ2n) is 5.95. The van der Waals surface area contributed by atoms with E-state index < -0.39 is 0 Å². The van der Waals surface area contributed by atoms with Crippen LogP contribution >= 0.6 is 0 Å². The lowest BCUT2D eigenvalue weighted by Gasteiger charge is -2.24. The number of aryl methyl sites for hydroxylation is 1. The predicted molar refractivity (Wildman–Crippen MR) is 78.8 cm³/mol. The van der Waals surface area contributed by atoms with Crippen molar-refractivity contribution in [2.45, 2.75) is 44.6 Å². The molecule has 5 heteroatoms. The topological polar surface area (TPSA) is 55.2 Å². The number of carbonyl (C=O) groups excluding carboxylic acids is 2. The lowest BCUT2D eigenvalue weighted by atomic mass is 10.0. The van der Waals surface area contributed by atoms with Crippen molar-refractivity contribution in [1.82, 2.24) is 14.7 Å². The van der Waals surface area contributed by atoms with Gasteiger partial charge in [-0.25, -0.2) is 0 Å². The van der Waals surface area contributed by atoms with Crippen molar-refractivity contribution in [3.8, 4) is 0 Å². The van der Waals surface area contributed by atoms with E-state index in [4.69, 9.17) is 0 Å². The summed E-state index contributed by atoms with van der Waals surface area (Å²) in [5, 5.41) is 4.04. The summed E-state index contributed by atoms with van der Waals surface area (Å²) >= 11 is 0. The Hall–Kier alpha value is -1.91. The molecule has 0 radical (unpaired) electrons. The minimum atomic E-state index is 0.0479. The highest BCUT2D eigenvalue weighted by molar-refractivity contribution is 5.97. The molecule has 1 aromatic rings. The second-order valence-corrected chi connectivity index (χ2v) is 5.95. The molecule has 0 saturated carbocycles. The zero-order valence-electron chi connectivity index (χ0n) is 12.4. The molecular weight excluding hydrogens is 266 g/mol. The molecular formula is C16H21N3O2. The van der Waals surface area contributed by atoms with E-state index in [0.29, 0.717) is 12.0 Å². The smallest absolute Gasteiger partial charge is 0.249 e. The number of allylic oxidation sites excluding steroid dienone is 1. The van der Waals surface area contributed by atoms with Gasteiger partial charge in [-0.2, -0.15) is 5.10 Å². The summed E-state index contributed by atoms with van der Waals surface area (Å²) in [6, 6.07) is 0.0479. The van der Waals surface area contributed by atoms with Crippen LogP contribution in [0.4, 0.5) is 0 Å². The van der Waals surface area contributed by atoms with E-state index in [0.717, 1.165) is 44.2 Å². The highest BCUT2D eigenvalue weighted by Crippen LogP contribution is 2.27. The van der Waals surface area contributed by atoms with Crippen LogP contribution in [0.5, 0.6) is 0 Å². The third-order valence-electron chi connectivity index (χ3n) is 4.40. The number of aromatic nitrogens is 2. The summed E-state index contributed by atoms with van der Waals surface area (Å²) in [5.74, 6) is 0.224. The van der Waals surface area contributed by atoms with Crippen LogP contribution < -0.4 is 0 Å². The van der Waals surface area contributed by atoms with Crippen molar-refractivity contribution in [1.29, 1.82) is 0 Å². The van der Waals surface area contributed by atoms with Crippen molar-refractivity contribution in [2.75, 3.05) is 6.54 Å². The average Bonchev–Trinajstić information content (AvgIpc) is 3.18. The summed E-state index contributed by atoms with van der Waals surface area (Å²) in [6.07, 6.45) is 10.7. The number of Topliss-reactive ketones (excluding diaryl/α,β-unsaturated/α-hetero) is 1. The molecule has 1 aliphatic heterocycles. The molecule has 1 aliphatic carbocycles. The number of carbonyl (C=O) groups is 2. The molecule has 2 heterocycles. The van der Waals surface area contributed by atoms with Gasteiger partial charge < -0.3 is 4.90 Å². The number of hydrogen-bond donors (Lipinski definition) is 0. The van der Waals surface area contributed by atoms with Crippen molar-refractivity contribution >= 4 is 11.7 Å². The lowest BCUT2D eigenvalue weighted by Crippen LogP contribution is -2.37. The molecule has 0 spiro atoms. The summed E-state index contributed by atoms with van der Waals surface area (Å²) in [5.41, 5.74) is 1.58. The number of rotatable bonds is 4. The quantitative estimate of drug-likeness (QED) is 0.797. The first-order valence-electron chi connectivity index (χ1n) is 7.67. The van der Waals surface area contributed by atoms with Gasteiger partial charge >= 0.3 is 0 Å². The fourth-order valence-electron chi connectivity index (χ4n) is 3.26. The van der Waals surface area contributed by atoms with E-state index in [1.54, 1.807) is 24.1 Å². The van der Waals surface area contributed by atoms with E-state index in [1.165, 1.54) is 0 Å². The van der Waals surface area contributed by atoms with Gasteiger partial charge in [-0.15, -0.1) is 0 Å². The maximum absolute atomic E-state index is 12.5. The van der Waals surface area contributed by atoms with Gasteiger partial charge in [-0.05, 0) is 32.1 Å². The number of nitrogens with zero attached hydrogens (tertiary/aromatic N) is 3. The Morgan fingerprint density at radius 2 is 2.24 bits per heavy atom. The molecule has 0 unspecified atom stereocenters. The Bertz CT molecular complexity index is 588. The number of likely N-dealkylation sites (tertiary alicyclic amines) is 1. The van der Waals surface area contributed by atoms with Gasteiger partial charge in [0.05, 0.1) is 11.8 Å². The Labute approximate surface area is 124 Å². The molecule has 1 aromatic heterocycles. The Kier molecular flexibility index (Phi) is 3.90. The van der Waals surface area contributed by atoms with E-state index in [9.17, 15) is 9.59 Å². The van der Waals surface area contributed by atoms with Crippen molar-refractivity contribution < 1.29 is 9.59 Å². The number of ketones is 1. The first-order valence-corrected chi connectivity index (χ1v) is 7.67. The summed E-state index contributed by atoms with van der Waals surface area (Å²) in [6.45, 7) is 0.779. The molecule has 0 bridgehead atoms. The van der Waals surface area contributed by atoms with E-state index >= 15 is 0 Å². The molecule has 1 saturated heterocycles. The summed E-state index contributed by atoms with van der Waals surface area (Å²) in [7, 11) is 1.80. The van der Waals surface area contributed by atoms with Crippen molar-refractivity contribution in [3.05, 3.63) is 29.6 Å². The Morgan fingerprint density at radius 3 is 2.90 bits per heavy atom. The number of hydrogen-bond acceptors (Lipinski definition) is 3. The first-order chi connectivity index (χ1) is 10.1.